The average molecular weight is 545 g/mol. The molecule has 0 aliphatic carbocycles. The molecule has 2 heterocycles. The highest BCUT2D eigenvalue weighted by atomic mass is 32.1. The van der Waals surface area contributed by atoms with Crippen molar-refractivity contribution in [2.75, 3.05) is 25.3 Å². The van der Waals surface area contributed by atoms with Crippen molar-refractivity contribution in [1.82, 2.24) is 15.1 Å². The van der Waals surface area contributed by atoms with Crippen LogP contribution in [0, 0.1) is 0 Å². The van der Waals surface area contributed by atoms with Crippen molar-refractivity contribution in [3.63, 3.8) is 0 Å². The predicted octanol–water partition coefficient (Wildman–Crippen LogP) is 5.07. The normalized spacial score (nSPS) is 12.6. The van der Waals surface area contributed by atoms with E-state index in [-0.39, 0.29) is 44.2 Å². The van der Waals surface area contributed by atoms with Gasteiger partial charge >= 0.3 is 0 Å². The Morgan fingerprint density at radius 3 is 2.54 bits per heavy atom. The Morgan fingerprint density at radius 1 is 1.00 bits per heavy atom. The number of nitrogens with zero attached hydrogens (tertiary/aromatic N) is 3. The van der Waals surface area contributed by atoms with Crippen LogP contribution in [0.2, 0.25) is 0 Å². The van der Waals surface area contributed by atoms with Gasteiger partial charge < -0.3 is 24.4 Å². The average Bonchev–Trinajstić information content (AvgIpc) is 3.63. The van der Waals surface area contributed by atoms with Crippen molar-refractivity contribution in [3.8, 4) is 22.1 Å². The van der Waals surface area contributed by atoms with E-state index in [2.05, 4.69) is 15.5 Å². The zero-order valence-electron chi connectivity index (χ0n) is 21.4. The lowest BCUT2D eigenvalue weighted by atomic mass is 10.1. The Kier molecular flexibility index (Phi) is 8.45. The number of fused-ring (bicyclic) bond motifs is 1. The molecule has 3 aromatic carbocycles. The Balaban J connectivity index is 1.19. The second-order valence-electron chi connectivity index (χ2n) is 8.93. The molecule has 1 aromatic heterocycles. The number of hydrogen-bond donors (Lipinski definition) is 1. The first kappa shape index (κ1) is 26.3. The highest BCUT2D eigenvalue weighted by Crippen LogP contribution is 2.37. The number of rotatable bonds is 11. The van der Waals surface area contributed by atoms with E-state index >= 15 is 0 Å². The van der Waals surface area contributed by atoms with Crippen molar-refractivity contribution in [2.45, 2.75) is 26.0 Å². The highest BCUT2D eigenvalue weighted by Gasteiger charge is 2.23. The highest BCUT2D eigenvalue weighted by molar-refractivity contribution is 7.18. The summed E-state index contributed by atoms with van der Waals surface area (Å²) in [5, 5.41) is 12.1. The number of hydrogen-bond acceptors (Lipinski definition) is 8. The molecule has 4 aromatic rings. The van der Waals surface area contributed by atoms with Crippen LogP contribution in [0.15, 0.2) is 78.9 Å². The maximum absolute atomic E-state index is 13.2. The van der Waals surface area contributed by atoms with Crippen molar-refractivity contribution < 1.29 is 23.8 Å². The fraction of sp³-hybridized carbons (Fsp3) is 0.241. The number of benzene rings is 3. The lowest BCUT2D eigenvalue weighted by Gasteiger charge is -2.29. The first-order chi connectivity index (χ1) is 19.1. The number of aromatic nitrogens is 2. The van der Waals surface area contributed by atoms with Gasteiger partial charge in [-0.25, -0.2) is 0 Å². The van der Waals surface area contributed by atoms with Crippen LogP contribution in [0.1, 0.15) is 30.5 Å². The molecule has 0 saturated heterocycles. The summed E-state index contributed by atoms with van der Waals surface area (Å²) in [7, 11) is 0. The molecular weight excluding hydrogens is 516 g/mol. The van der Waals surface area contributed by atoms with Gasteiger partial charge in [-0.05, 0) is 36.2 Å². The van der Waals surface area contributed by atoms with Crippen LogP contribution in [-0.4, -0.2) is 46.9 Å². The Bertz CT molecular complexity index is 1410. The second kappa shape index (κ2) is 12.5. The Hall–Kier alpha value is -4.28. The summed E-state index contributed by atoms with van der Waals surface area (Å²) >= 11 is 1.26. The van der Waals surface area contributed by atoms with Crippen molar-refractivity contribution in [1.29, 1.82) is 0 Å². The smallest absolute Gasteiger partial charge is 0.249 e. The van der Waals surface area contributed by atoms with Gasteiger partial charge in [0.15, 0.2) is 11.5 Å². The minimum atomic E-state index is -0.258. The molecular formula is C29H28N4O5S. The third-order valence-corrected chi connectivity index (χ3v) is 7.17. The van der Waals surface area contributed by atoms with E-state index in [0.717, 1.165) is 16.7 Å². The third kappa shape index (κ3) is 6.78. The summed E-state index contributed by atoms with van der Waals surface area (Å²) in [5.74, 6) is 0.896. The van der Waals surface area contributed by atoms with Crippen LogP contribution in [0.4, 0.5) is 5.13 Å². The number of nitrogens with one attached hydrogen (secondary N) is 1. The van der Waals surface area contributed by atoms with Gasteiger partial charge in [0, 0.05) is 18.5 Å². The molecule has 10 heteroatoms. The fourth-order valence-electron chi connectivity index (χ4n) is 4.18. The quantitative estimate of drug-likeness (QED) is 0.281. The topological polar surface area (TPSA) is 103 Å². The molecule has 1 aliphatic rings. The summed E-state index contributed by atoms with van der Waals surface area (Å²) in [6, 6.07) is 24.7. The number of carbonyl (C=O) groups excluding carboxylic acids is 2. The van der Waals surface area contributed by atoms with E-state index in [1.165, 1.54) is 11.3 Å². The number of amides is 2. The van der Waals surface area contributed by atoms with Gasteiger partial charge in [0.2, 0.25) is 23.7 Å². The monoisotopic (exact) mass is 544 g/mol. The van der Waals surface area contributed by atoms with Crippen molar-refractivity contribution in [3.05, 3.63) is 90.0 Å². The number of ether oxygens (including phenoxy) is 3. The van der Waals surface area contributed by atoms with Crippen LogP contribution in [-0.2, 0) is 20.9 Å². The summed E-state index contributed by atoms with van der Waals surface area (Å²) < 4.78 is 16.5. The zero-order chi connectivity index (χ0) is 27.0. The Labute approximate surface area is 230 Å². The van der Waals surface area contributed by atoms with Crippen LogP contribution in [0.5, 0.6) is 11.5 Å². The molecule has 0 bridgehead atoms. The minimum absolute atomic E-state index is 0.0804. The van der Waals surface area contributed by atoms with Crippen molar-refractivity contribution >= 4 is 28.3 Å². The second-order valence-corrected chi connectivity index (χ2v) is 9.91. The molecule has 0 spiro atoms. The first-order valence-electron chi connectivity index (χ1n) is 12.6. The molecule has 1 unspecified atom stereocenters. The molecule has 5 rings (SSSR count). The van der Waals surface area contributed by atoms with Crippen LogP contribution >= 0.6 is 11.3 Å². The van der Waals surface area contributed by atoms with E-state index < -0.39 is 0 Å². The SMILES string of the molecule is CC(c1ccccc1)N(CCC(=O)Nc1nnc(-c2ccc3c(c2)OCO3)s1)C(=O)COCc1ccccc1. The largest absolute Gasteiger partial charge is 0.454 e. The van der Waals surface area contributed by atoms with E-state index in [1.807, 2.05) is 85.8 Å². The summed E-state index contributed by atoms with van der Waals surface area (Å²) in [5.41, 5.74) is 2.79. The first-order valence-corrected chi connectivity index (χ1v) is 13.4. The molecule has 0 saturated carbocycles. The van der Waals surface area contributed by atoms with Gasteiger partial charge in [-0.2, -0.15) is 0 Å². The minimum Gasteiger partial charge on any atom is -0.454 e. The zero-order valence-corrected chi connectivity index (χ0v) is 22.2. The summed E-state index contributed by atoms with van der Waals surface area (Å²) in [6.45, 7) is 2.62. The summed E-state index contributed by atoms with van der Waals surface area (Å²) in [4.78, 5) is 27.7. The third-order valence-electron chi connectivity index (χ3n) is 6.28. The molecule has 0 radical (unpaired) electrons. The van der Waals surface area contributed by atoms with Gasteiger partial charge in [-0.3, -0.25) is 9.59 Å². The van der Waals surface area contributed by atoms with Gasteiger partial charge in [0.25, 0.3) is 0 Å². The maximum Gasteiger partial charge on any atom is 0.249 e. The molecule has 9 nitrogen and oxygen atoms in total. The maximum atomic E-state index is 13.2. The predicted molar refractivity (Wildman–Crippen MR) is 147 cm³/mol. The van der Waals surface area contributed by atoms with Gasteiger partial charge in [0.1, 0.15) is 11.6 Å². The lowest BCUT2D eigenvalue weighted by molar-refractivity contribution is -0.139. The summed E-state index contributed by atoms with van der Waals surface area (Å²) in [6.07, 6.45) is 0.0978. The molecule has 0 fully saturated rings. The van der Waals surface area contributed by atoms with Gasteiger partial charge in [0.05, 0.1) is 12.6 Å². The lowest BCUT2D eigenvalue weighted by Crippen LogP contribution is -2.38. The van der Waals surface area contributed by atoms with E-state index in [9.17, 15) is 9.59 Å². The number of anilines is 1. The molecule has 39 heavy (non-hydrogen) atoms. The van der Waals surface area contributed by atoms with E-state index in [4.69, 9.17) is 14.2 Å². The molecule has 1 atom stereocenters. The van der Waals surface area contributed by atoms with Crippen molar-refractivity contribution in [2.24, 2.45) is 0 Å². The Morgan fingerprint density at radius 2 is 1.74 bits per heavy atom. The van der Waals surface area contributed by atoms with Crippen LogP contribution in [0.25, 0.3) is 10.6 Å². The fourth-order valence-corrected chi connectivity index (χ4v) is 4.94. The molecule has 200 valence electrons. The molecule has 1 aliphatic heterocycles. The standard InChI is InChI=1S/C29H28N4O5S/c1-20(22-10-6-3-7-11-22)33(27(35)18-36-17-21-8-4-2-5-9-21)15-14-26(34)30-29-32-31-28(39-29)23-12-13-24-25(16-23)38-19-37-24/h2-13,16,20H,14-15,17-19H2,1H3,(H,30,32,34). The van der Waals surface area contributed by atoms with Gasteiger partial charge in [-0.1, -0.05) is 72.0 Å². The number of carbonyl (C=O) groups is 2. The van der Waals surface area contributed by atoms with Crippen LogP contribution < -0.4 is 14.8 Å². The molecule has 2 amide bonds. The van der Waals surface area contributed by atoms with E-state index in [1.54, 1.807) is 4.90 Å². The van der Waals surface area contributed by atoms with Crippen LogP contribution in [0.3, 0.4) is 0 Å². The van der Waals surface area contributed by atoms with Gasteiger partial charge in [-0.15, -0.1) is 10.2 Å². The van der Waals surface area contributed by atoms with E-state index in [0.29, 0.717) is 28.2 Å². The molecule has 1 N–H and O–H groups in total.